The topological polar surface area (TPSA) is 41.3 Å². The molecule has 4 nitrogen and oxygen atoms in total. The standard InChI is InChI=1S/C16H27N3O/c1-2-14-10-17-16(13-6-4-3-5-7-13)12-19(14)11-15-8-9-18-20-15/h8-9,13-14,16-17H,2-7,10-12H2,1H3. The summed E-state index contributed by atoms with van der Waals surface area (Å²) in [7, 11) is 0. The zero-order chi connectivity index (χ0) is 13.8. The molecule has 0 amide bonds. The first-order valence-electron chi connectivity index (χ1n) is 8.24. The fraction of sp³-hybridized carbons (Fsp3) is 0.812. The predicted octanol–water partition coefficient (Wildman–Crippen LogP) is 2.81. The van der Waals surface area contributed by atoms with Gasteiger partial charge in [0.25, 0.3) is 0 Å². The van der Waals surface area contributed by atoms with E-state index in [0.29, 0.717) is 12.1 Å². The molecule has 0 radical (unpaired) electrons. The normalized spacial score (nSPS) is 29.6. The maximum Gasteiger partial charge on any atom is 0.150 e. The fourth-order valence-electron chi connectivity index (χ4n) is 3.86. The van der Waals surface area contributed by atoms with Crippen LogP contribution in [0.25, 0.3) is 0 Å². The van der Waals surface area contributed by atoms with Gasteiger partial charge in [0.2, 0.25) is 0 Å². The first kappa shape index (κ1) is 14.1. The van der Waals surface area contributed by atoms with Crippen LogP contribution < -0.4 is 5.32 Å². The Morgan fingerprint density at radius 1 is 1.35 bits per heavy atom. The molecule has 1 N–H and O–H groups in total. The molecule has 1 aliphatic heterocycles. The lowest BCUT2D eigenvalue weighted by Gasteiger charge is -2.43. The average Bonchev–Trinajstić information content (AvgIpc) is 3.01. The second kappa shape index (κ2) is 6.72. The van der Waals surface area contributed by atoms with E-state index in [1.807, 2.05) is 6.07 Å². The van der Waals surface area contributed by atoms with Gasteiger partial charge in [-0.05, 0) is 25.2 Å². The third-order valence-corrected chi connectivity index (χ3v) is 5.10. The van der Waals surface area contributed by atoms with Gasteiger partial charge in [-0.2, -0.15) is 0 Å². The molecule has 0 spiro atoms. The van der Waals surface area contributed by atoms with Crippen LogP contribution in [0.5, 0.6) is 0 Å². The zero-order valence-corrected chi connectivity index (χ0v) is 12.6. The number of nitrogens with zero attached hydrogens (tertiary/aromatic N) is 2. The van der Waals surface area contributed by atoms with Crippen LogP contribution in [0, 0.1) is 5.92 Å². The Morgan fingerprint density at radius 2 is 2.20 bits per heavy atom. The van der Waals surface area contributed by atoms with Crippen molar-refractivity contribution in [2.45, 2.75) is 64.1 Å². The summed E-state index contributed by atoms with van der Waals surface area (Å²) in [4.78, 5) is 2.59. The summed E-state index contributed by atoms with van der Waals surface area (Å²) in [6, 6.07) is 3.28. The summed E-state index contributed by atoms with van der Waals surface area (Å²) in [5.74, 6) is 1.87. The van der Waals surface area contributed by atoms with Crippen molar-refractivity contribution >= 4 is 0 Å². The maximum absolute atomic E-state index is 5.30. The van der Waals surface area contributed by atoms with E-state index in [2.05, 4.69) is 22.3 Å². The van der Waals surface area contributed by atoms with Crippen LogP contribution in [-0.4, -0.2) is 35.2 Å². The van der Waals surface area contributed by atoms with Gasteiger partial charge in [-0.1, -0.05) is 31.3 Å². The van der Waals surface area contributed by atoms with Crippen LogP contribution in [0.1, 0.15) is 51.2 Å². The largest absolute Gasteiger partial charge is 0.360 e. The van der Waals surface area contributed by atoms with Gasteiger partial charge in [0, 0.05) is 31.2 Å². The molecule has 3 rings (SSSR count). The van der Waals surface area contributed by atoms with Crippen LogP contribution >= 0.6 is 0 Å². The van der Waals surface area contributed by atoms with E-state index in [1.54, 1.807) is 6.20 Å². The van der Waals surface area contributed by atoms with Crippen LogP contribution in [-0.2, 0) is 6.54 Å². The van der Waals surface area contributed by atoms with Gasteiger partial charge in [-0.3, -0.25) is 4.90 Å². The van der Waals surface area contributed by atoms with E-state index in [-0.39, 0.29) is 0 Å². The first-order valence-corrected chi connectivity index (χ1v) is 8.24. The van der Waals surface area contributed by atoms with Crippen molar-refractivity contribution in [1.29, 1.82) is 0 Å². The SMILES string of the molecule is CCC1CNC(C2CCCCC2)CN1Cc1ccno1. The third-order valence-electron chi connectivity index (χ3n) is 5.10. The Bertz CT molecular complexity index is 386. The van der Waals surface area contributed by atoms with Crippen molar-refractivity contribution in [1.82, 2.24) is 15.4 Å². The van der Waals surface area contributed by atoms with E-state index in [9.17, 15) is 0 Å². The molecule has 0 bridgehead atoms. The van der Waals surface area contributed by atoms with E-state index in [4.69, 9.17) is 4.52 Å². The van der Waals surface area contributed by atoms with E-state index in [1.165, 1.54) is 38.5 Å². The minimum absolute atomic E-state index is 0.625. The molecule has 2 aliphatic rings. The quantitative estimate of drug-likeness (QED) is 0.919. The van der Waals surface area contributed by atoms with Crippen molar-refractivity contribution < 1.29 is 4.52 Å². The third kappa shape index (κ3) is 3.23. The maximum atomic E-state index is 5.30. The van der Waals surface area contributed by atoms with Gasteiger partial charge in [-0.15, -0.1) is 0 Å². The summed E-state index contributed by atoms with van der Waals surface area (Å²) < 4.78 is 5.30. The molecule has 112 valence electrons. The summed E-state index contributed by atoms with van der Waals surface area (Å²) >= 11 is 0. The number of hydrogen-bond donors (Lipinski definition) is 1. The fourth-order valence-corrected chi connectivity index (χ4v) is 3.86. The van der Waals surface area contributed by atoms with Gasteiger partial charge in [0.05, 0.1) is 12.7 Å². The van der Waals surface area contributed by atoms with Crippen LogP contribution in [0.4, 0.5) is 0 Å². The summed E-state index contributed by atoms with van der Waals surface area (Å²) in [6.45, 7) is 5.46. The van der Waals surface area contributed by atoms with Crippen LogP contribution in [0.15, 0.2) is 16.8 Å². The Labute approximate surface area is 121 Å². The number of aromatic nitrogens is 1. The highest BCUT2D eigenvalue weighted by atomic mass is 16.5. The molecule has 0 aromatic carbocycles. The summed E-state index contributed by atoms with van der Waals surface area (Å²) in [5.41, 5.74) is 0. The highest BCUT2D eigenvalue weighted by molar-refractivity contribution is 4.97. The predicted molar refractivity (Wildman–Crippen MR) is 79.4 cm³/mol. The smallest absolute Gasteiger partial charge is 0.150 e. The monoisotopic (exact) mass is 277 g/mol. The van der Waals surface area contributed by atoms with Crippen molar-refractivity contribution in [3.8, 4) is 0 Å². The van der Waals surface area contributed by atoms with Crippen LogP contribution in [0.3, 0.4) is 0 Å². The number of hydrogen-bond acceptors (Lipinski definition) is 4. The highest BCUT2D eigenvalue weighted by Gasteiger charge is 2.32. The van der Waals surface area contributed by atoms with E-state index >= 15 is 0 Å². The summed E-state index contributed by atoms with van der Waals surface area (Å²) in [5, 5.41) is 7.64. The Hall–Kier alpha value is -0.870. The zero-order valence-electron chi connectivity index (χ0n) is 12.6. The molecule has 20 heavy (non-hydrogen) atoms. The van der Waals surface area contributed by atoms with Crippen molar-refractivity contribution in [2.24, 2.45) is 5.92 Å². The van der Waals surface area contributed by atoms with E-state index in [0.717, 1.165) is 31.3 Å². The van der Waals surface area contributed by atoms with Crippen molar-refractivity contribution in [2.75, 3.05) is 13.1 Å². The van der Waals surface area contributed by atoms with E-state index < -0.39 is 0 Å². The lowest BCUT2D eigenvalue weighted by atomic mass is 9.82. The van der Waals surface area contributed by atoms with Gasteiger partial charge < -0.3 is 9.84 Å². The lowest BCUT2D eigenvalue weighted by Crippen LogP contribution is -2.58. The molecule has 1 aliphatic carbocycles. The molecule has 1 aromatic rings. The second-order valence-electron chi connectivity index (χ2n) is 6.38. The number of piperazine rings is 1. The second-order valence-corrected chi connectivity index (χ2v) is 6.38. The van der Waals surface area contributed by atoms with Crippen molar-refractivity contribution in [3.05, 3.63) is 18.0 Å². The molecule has 2 unspecified atom stereocenters. The molecule has 4 heteroatoms. The van der Waals surface area contributed by atoms with Gasteiger partial charge in [0.1, 0.15) is 0 Å². The number of rotatable bonds is 4. The molecule has 1 saturated heterocycles. The van der Waals surface area contributed by atoms with Gasteiger partial charge in [0.15, 0.2) is 5.76 Å². The van der Waals surface area contributed by atoms with Gasteiger partial charge in [-0.25, -0.2) is 0 Å². The van der Waals surface area contributed by atoms with Crippen molar-refractivity contribution in [3.63, 3.8) is 0 Å². The lowest BCUT2D eigenvalue weighted by molar-refractivity contribution is 0.0794. The first-order chi connectivity index (χ1) is 9.86. The summed E-state index contributed by atoms with van der Waals surface area (Å²) in [6.07, 6.45) is 10.0. The molecule has 2 atom stereocenters. The number of nitrogens with one attached hydrogen (secondary N) is 1. The minimum atomic E-state index is 0.625. The molecule has 2 fully saturated rings. The molecular formula is C16H27N3O. The highest BCUT2D eigenvalue weighted by Crippen LogP contribution is 2.29. The molecular weight excluding hydrogens is 250 g/mol. The average molecular weight is 277 g/mol. The molecule has 1 saturated carbocycles. The minimum Gasteiger partial charge on any atom is -0.360 e. The van der Waals surface area contributed by atoms with Gasteiger partial charge >= 0.3 is 0 Å². The molecule has 1 aromatic heterocycles. The Kier molecular flexibility index (Phi) is 4.73. The molecule has 2 heterocycles. The van der Waals surface area contributed by atoms with Crippen LogP contribution in [0.2, 0.25) is 0 Å². The Balaban J connectivity index is 1.62. The Morgan fingerprint density at radius 3 is 2.90 bits per heavy atom.